The Hall–Kier alpha value is -3.40. The number of hydrogen-bond acceptors (Lipinski definition) is 6. The standard InChI is InChI=1S/C33H45N3O4/c1-8-11-14-24(9-2)20-36-31(37)25(10-3)23(7)30(32(36)38)35-34-28-16-13-12-15-26(28)33(39)40-29-18-17-22(6)19-27(29)21(4)5/h3,12-13,15-16,21-22,24,27,29,37H,8-9,11,14,17-20H2,1-2,4-7H3. The van der Waals surface area contributed by atoms with Gasteiger partial charge >= 0.3 is 5.97 Å². The molecular weight excluding hydrogens is 502 g/mol. The normalized spacial score (nSPS) is 20.0. The first-order valence-electron chi connectivity index (χ1n) is 14.8. The fourth-order valence-electron chi connectivity index (χ4n) is 5.72. The zero-order chi connectivity index (χ0) is 29.4. The number of hydrogen-bond donors (Lipinski definition) is 1. The summed E-state index contributed by atoms with van der Waals surface area (Å²) in [7, 11) is 0. The molecule has 1 heterocycles. The lowest BCUT2D eigenvalue weighted by Crippen LogP contribution is -2.35. The van der Waals surface area contributed by atoms with Gasteiger partial charge in [0.15, 0.2) is 5.69 Å². The van der Waals surface area contributed by atoms with Crippen LogP contribution in [-0.2, 0) is 11.3 Å². The Morgan fingerprint density at radius 2 is 1.95 bits per heavy atom. The van der Waals surface area contributed by atoms with E-state index in [1.807, 2.05) is 0 Å². The van der Waals surface area contributed by atoms with Crippen molar-refractivity contribution in [1.82, 2.24) is 4.57 Å². The number of nitrogens with zero attached hydrogens (tertiary/aromatic N) is 3. The Morgan fingerprint density at radius 1 is 1.23 bits per heavy atom. The second kappa shape index (κ2) is 14.3. The van der Waals surface area contributed by atoms with Gasteiger partial charge in [0.25, 0.3) is 5.56 Å². The minimum absolute atomic E-state index is 0.0559. The van der Waals surface area contributed by atoms with Gasteiger partial charge in [0.05, 0.1) is 11.1 Å². The lowest BCUT2D eigenvalue weighted by Gasteiger charge is -2.36. The molecule has 0 bridgehead atoms. The van der Waals surface area contributed by atoms with Crippen molar-refractivity contribution in [2.24, 2.45) is 33.9 Å². The van der Waals surface area contributed by atoms with Crippen LogP contribution in [0.5, 0.6) is 5.88 Å². The Labute approximate surface area is 239 Å². The summed E-state index contributed by atoms with van der Waals surface area (Å²) in [4.78, 5) is 26.8. The number of ether oxygens (including phenoxy) is 1. The first kappa shape index (κ1) is 31.1. The summed E-state index contributed by atoms with van der Waals surface area (Å²) >= 11 is 0. The molecule has 3 rings (SSSR count). The van der Waals surface area contributed by atoms with Gasteiger partial charge in [0.2, 0.25) is 5.88 Å². The van der Waals surface area contributed by atoms with Gasteiger partial charge in [-0.15, -0.1) is 16.7 Å². The van der Waals surface area contributed by atoms with Gasteiger partial charge in [-0.25, -0.2) is 4.79 Å². The average molecular weight is 548 g/mol. The maximum absolute atomic E-state index is 13.5. The Balaban J connectivity index is 1.95. The summed E-state index contributed by atoms with van der Waals surface area (Å²) in [5.74, 6) is 3.41. The molecule has 7 nitrogen and oxygen atoms in total. The molecule has 0 aliphatic heterocycles. The third kappa shape index (κ3) is 7.21. The van der Waals surface area contributed by atoms with E-state index >= 15 is 0 Å². The van der Waals surface area contributed by atoms with E-state index < -0.39 is 11.5 Å². The highest BCUT2D eigenvalue weighted by molar-refractivity contribution is 5.94. The first-order valence-corrected chi connectivity index (χ1v) is 14.8. The molecule has 0 radical (unpaired) electrons. The van der Waals surface area contributed by atoms with Crippen molar-refractivity contribution in [3.8, 4) is 18.2 Å². The predicted octanol–water partition coefficient (Wildman–Crippen LogP) is 8.09. The molecule has 0 spiro atoms. The fraction of sp³-hybridized carbons (Fsp3) is 0.576. The number of rotatable bonds is 11. The molecule has 1 aromatic heterocycles. The summed E-state index contributed by atoms with van der Waals surface area (Å²) in [5, 5.41) is 19.5. The molecule has 40 heavy (non-hydrogen) atoms. The molecule has 1 aliphatic rings. The van der Waals surface area contributed by atoms with Crippen molar-refractivity contribution in [2.45, 2.75) is 99.1 Å². The number of terminal acetylenes is 1. The topological polar surface area (TPSA) is 93.3 Å². The fourth-order valence-corrected chi connectivity index (χ4v) is 5.72. The average Bonchev–Trinajstić information content (AvgIpc) is 2.94. The first-order chi connectivity index (χ1) is 19.1. The van der Waals surface area contributed by atoms with Crippen LogP contribution in [0.15, 0.2) is 39.3 Å². The quantitative estimate of drug-likeness (QED) is 0.175. The maximum Gasteiger partial charge on any atom is 0.340 e. The summed E-state index contributed by atoms with van der Waals surface area (Å²) in [6.45, 7) is 12.8. The van der Waals surface area contributed by atoms with Crippen LogP contribution in [0, 0.1) is 42.9 Å². The highest BCUT2D eigenvalue weighted by Crippen LogP contribution is 2.36. The van der Waals surface area contributed by atoms with Gasteiger partial charge in [-0.1, -0.05) is 71.9 Å². The second-order valence-corrected chi connectivity index (χ2v) is 11.6. The number of azo groups is 1. The molecule has 216 valence electrons. The highest BCUT2D eigenvalue weighted by atomic mass is 16.5. The van der Waals surface area contributed by atoms with Gasteiger partial charge in [-0.2, -0.15) is 0 Å². The van der Waals surface area contributed by atoms with Crippen molar-refractivity contribution >= 4 is 17.3 Å². The lowest BCUT2D eigenvalue weighted by molar-refractivity contribution is -0.0160. The number of pyridine rings is 1. The van der Waals surface area contributed by atoms with E-state index in [-0.39, 0.29) is 29.2 Å². The number of benzene rings is 1. The van der Waals surface area contributed by atoms with Gasteiger partial charge in [-0.05, 0) is 68.4 Å². The zero-order valence-electron chi connectivity index (χ0n) is 24.9. The SMILES string of the molecule is C#Cc1c(C)c(N=Nc2ccccc2C(=O)OC2CCC(C)CC2C(C)C)c(=O)n(CC(CC)CCCC)c1O. The molecule has 1 aliphatic carbocycles. The number of aromatic nitrogens is 1. The van der Waals surface area contributed by atoms with E-state index in [0.29, 0.717) is 41.1 Å². The van der Waals surface area contributed by atoms with E-state index in [0.717, 1.165) is 44.9 Å². The minimum atomic E-state index is -0.455. The molecule has 1 N–H and O–H groups in total. The van der Waals surface area contributed by atoms with Crippen LogP contribution in [0.3, 0.4) is 0 Å². The van der Waals surface area contributed by atoms with Crippen LogP contribution >= 0.6 is 0 Å². The van der Waals surface area contributed by atoms with Crippen molar-refractivity contribution < 1.29 is 14.6 Å². The summed E-state index contributed by atoms with van der Waals surface area (Å²) in [6.07, 6.45) is 12.4. The molecule has 0 saturated heterocycles. The molecular formula is C33H45N3O4. The molecule has 4 unspecified atom stereocenters. The van der Waals surface area contributed by atoms with E-state index in [4.69, 9.17) is 11.2 Å². The second-order valence-electron chi connectivity index (χ2n) is 11.6. The highest BCUT2D eigenvalue weighted by Gasteiger charge is 2.34. The van der Waals surface area contributed by atoms with E-state index in [9.17, 15) is 14.7 Å². The zero-order valence-corrected chi connectivity index (χ0v) is 24.9. The molecule has 0 amide bonds. The van der Waals surface area contributed by atoms with Crippen molar-refractivity contribution in [2.75, 3.05) is 0 Å². The largest absolute Gasteiger partial charge is 0.493 e. The van der Waals surface area contributed by atoms with E-state index in [1.54, 1.807) is 31.2 Å². The van der Waals surface area contributed by atoms with Gasteiger partial charge in [0, 0.05) is 12.1 Å². The maximum atomic E-state index is 13.5. The van der Waals surface area contributed by atoms with Crippen LogP contribution in [0.25, 0.3) is 0 Å². The number of esters is 1. The van der Waals surface area contributed by atoms with Crippen LogP contribution in [-0.4, -0.2) is 21.7 Å². The number of aromatic hydroxyl groups is 1. The Kier molecular flexibility index (Phi) is 11.1. The van der Waals surface area contributed by atoms with Crippen LogP contribution in [0.2, 0.25) is 0 Å². The molecule has 1 saturated carbocycles. The third-order valence-electron chi connectivity index (χ3n) is 8.38. The molecule has 7 heteroatoms. The third-order valence-corrected chi connectivity index (χ3v) is 8.38. The monoisotopic (exact) mass is 547 g/mol. The molecule has 2 aromatic rings. The van der Waals surface area contributed by atoms with Crippen LogP contribution < -0.4 is 5.56 Å². The smallest absolute Gasteiger partial charge is 0.340 e. The number of carbonyl (C=O) groups is 1. The van der Waals surface area contributed by atoms with Gasteiger partial charge in [-0.3, -0.25) is 9.36 Å². The summed E-state index contributed by atoms with van der Waals surface area (Å²) in [6, 6.07) is 6.87. The van der Waals surface area contributed by atoms with E-state index in [1.165, 1.54) is 4.57 Å². The summed E-state index contributed by atoms with van der Waals surface area (Å²) < 4.78 is 7.35. The van der Waals surface area contributed by atoms with Crippen molar-refractivity contribution in [1.29, 1.82) is 0 Å². The summed E-state index contributed by atoms with van der Waals surface area (Å²) in [5.41, 5.74) is 0.810. The Morgan fingerprint density at radius 3 is 2.60 bits per heavy atom. The minimum Gasteiger partial charge on any atom is -0.493 e. The number of unbranched alkanes of at least 4 members (excludes halogenated alkanes) is 1. The molecule has 1 aromatic carbocycles. The van der Waals surface area contributed by atoms with Crippen molar-refractivity contribution in [3.05, 3.63) is 51.3 Å². The number of carbonyl (C=O) groups excluding carboxylic acids is 1. The Bertz CT molecular complexity index is 1300. The van der Waals surface area contributed by atoms with Gasteiger partial charge in [0.1, 0.15) is 11.8 Å². The molecule has 1 fully saturated rings. The lowest BCUT2D eigenvalue weighted by atomic mass is 9.75. The van der Waals surface area contributed by atoms with Crippen molar-refractivity contribution in [3.63, 3.8) is 0 Å². The van der Waals surface area contributed by atoms with E-state index in [2.05, 4.69) is 50.8 Å². The van der Waals surface area contributed by atoms with Gasteiger partial charge < -0.3 is 9.84 Å². The van der Waals surface area contributed by atoms with Crippen LogP contribution in [0.1, 0.15) is 101 Å². The predicted molar refractivity (Wildman–Crippen MR) is 160 cm³/mol. The molecule has 4 atom stereocenters. The van der Waals surface area contributed by atoms with Crippen LogP contribution in [0.4, 0.5) is 11.4 Å².